The van der Waals surface area contributed by atoms with E-state index in [0.717, 1.165) is 24.2 Å². The lowest BCUT2D eigenvalue weighted by atomic mass is 9.99. The zero-order valence-corrected chi connectivity index (χ0v) is 21.9. The summed E-state index contributed by atoms with van der Waals surface area (Å²) >= 11 is 5.91. The average molecular weight is 564 g/mol. The average Bonchev–Trinajstić information content (AvgIpc) is 3.30. The molecule has 2 aliphatic rings. The first-order chi connectivity index (χ1) is 19.3. The van der Waals surface area contributed by atoms with E-state index < -0.39 is 11.8 Å². The highest BCUT2D eigenvalue weighted by atomic mass is 35.5. The van der Waals surface area contributed by atoms with E-state index >= 15 is 0 Å². The number of aromatic nitrogens is 8. The van der Waals surface area contributed by atoms with Crippen LogP contribution in [0.1, 0.15) is 52.8 Å². The van der Waals surface area contributed by atoms with E-state index in [1.54, 1.807) is 16.9 Å². The number of hydrogen-bond donors (Lipinski definition) is 1. The standard InChI is InChI=1S/C26H23ClFN9O3/c27-17-5-6-34-13-29-18(24(34)23(17)28)3-4-22(38)20-12-36(33-31-20)10-16-11-37-25(30-16)21(7-19(32-37)14-1-2-14)35-8-15(9-35)26(39)40/h5-7,11-15H,1-4,8-10H2,(H,39,40). The van der Waals surface area contributed by atoms with Gasteiger partial charge in [0, 0.05) is 31.6 Å². The maximum Gasteiger partial charge on any atom is 0.310 e. The minimum absolute atomic E-state index is 0.00382. The van der Waals surface area contributed by atoms with Crippen LogP contribution in [0, 0.1) is 11.7 Å². The second-order valence-electron chi connectivity index (χ2n) is 10.3. The van der Waals surface area contributed by atoms with Crippen LogP contribution in [-0.4, -0.2) is 68.9 Å². The lowest BCUT2D eigenvalue weighted by molar-refractivity contribution is -0.142. The molecule has 1 saturated heterocycles. The molecule has 0 unspecified atom stereocenters. The van der Waals surface area contributed by atoms with Gasteiger partial charge in [-0.2, -0.15) is 5.10 Å². The van der Waals surface area contributed by atoms with Gasteiger partial charge in [-0.1, -0.05) is 16.8 Å². The van der Waals surface area contributed by atoms with Gasteiger partial charge in [-0.25, -0.2) is 23.6 Å². The van der Waals surface area contributed by atoms with Gasteiger partial charge in [-0.15, -0.1) is 5.10 Å². The fraction of sp³-hybridized carbons (Fsp3) is 0.346. The van der Waals surface area contributed by atoms with Gasteiger partial charge >= 0.3 is 5.97 Å². The van der Waals surface area contributed by atoms with Gasteiger partial charge in [-0.05, 0) is 31.4 Å². The second-order valence-corrected chi connectivity index (χ2v) is 10.7. The van der Waals surface area contributed by atoms with Gasteiger partial charge < -0.3 is 14.4 Å². The number of pyridine rings is 1. The Kier molecular flexibility index (Phi) is 5.77. The van der Waals surface area contributed by atoms with Gasteiger partial charge in [-0.3, -0.25) is 9.59 Å². The lowest BCUT2D eigenvalue weighted by Crippen LogP contribution is -2.50. The third kappa shape index (κ3) is 4.35. The molecule has 12 nitrogen and oxygen atoms in total. The van der Waals surface area contributed by atoms with E-state index in [-0.39, 0.29) is 47.3 Å². The van der Waals surface area contributed by atoms with Crippen molar-refractivity contribution in [2.24, 2.45) is 5.92 Å². The van der Waals surface area contributed by atoms with Gasteiger partial charge in [0.1, 0.15) is 11.2 Å². The highest BCUT2D eigenvalue weighted by Crippen LogP contribution is 2.41. The van der Waals surface area contributed by atoms with Crippen LogP contribution in [-0.2, 0) is 17.8 Å². The number of fused-ring (bicyclic) bond motifs is 2. The number of rotatable bonds is 9. The lowest BCUT2D eigenvalue weighted by Gasteiger charge is -2.38. The molecule has 14 heteroatoms. The van der Waals surface area contributed by atoms with E-state index in [1.165, 1.54) is 21.5 Å². The quantitative estimate of drug-likeness (QED) is 0.268. The Morgan fingerprint density at radius 3 is 2.80 bits per heavy atom. The Hall–Kier alpha value is -4.39. The molecule has 5 aromatic rings. The van der Waals surface area contributed by atoms with Gasteiger partial charge in [0.15, 0.2) is 17.2 Å². The number of carbonyl (C=O) groups is 2. The van der Waals surface area contributed by atoms with E-state index in [4.69, 9.17) is 21.7 Å². The summed E-state index contributed by atoms with van der Waals surface area (Å²) in [5.41, 5.74) is 4.07. The fourth-order valence-corrected chi connectivity index (χ4v) is 5.19. The van der Waals surface area contributed by atoms with Crippen LogP contribution in [0.5, 0.6) is 0 Å². The number of imidazole rings is 2. The van der Waals surface area contributed by atoms with Crippen LogP contribution in [0.25, 0.3) is 11.2 Å². The number of nitrogens with zero attached hydrogens (tertiary/aromatic N) is 9. The van der Waals surface area contributed by atoms with Crippen LogP contribution in [0.15, 0.2) is 37.1 Å². The molecule has 1 saturated carbocycles. The van der Waals surface area contributed by atoms with E-state index in [1.807, 2.05) is 17.2 Å². The molecular formula is C26H23ClFN9O3. The van der Waals surface area contributed by atoms with Crippen molar-refractivity contribution in [1.82, 2.24) is 39.0 Å². The normalized spacial score (nSPS) is 15.7. The molecular weight excluding hydrogens is 541 g/mol. The Bertz CT molecular complexity index is 1800. The minimum atomic E-state index is -0.792. The Morgan fingerprint density at radius 1 is 1.20 bits per heavy atom. The summed E-state index contributed by atoms with van der Waals surface area (Å²) in [6.07, 6.45) is 8.97. The van der Waals surface area contributed by atoms with Crippen molar-refractivity contribution in [2.45, 2.75) is 38.1 Å². The van der Waals surface area contributed by atoms with Crippen molar-refractivity contribution in [3.8, 4) is 0 Å². The predicted octanol–water partition coefficient (Wildman–Crippen LogP) is 3.02. The molecule has 2 fully saturated rings. The number of ketones is 1. The predicted molar refractivity (Wildman–Crippen MR) is 140 cm³/mol. The summed E-state index contributed by atoms with van der Waals surface area (Å²) in [4.78, 5) is 35.2. The van der Waals surface area contributed by atoms with Crippen molar-refractivity contribution < 1.29 is 19.1 Å². The van der Waals surface area contributed by atoms with Crippen molar-refractivity contribution in [2.75, 3.05) is 18.0 Å². The molecule has 0 spiro atoms. The number of aryl methyl sites for hydroxylation is 1. The topological polar surface area (TPSA) is 136 Å². The summed E-state index contributed by atoms with van der Waals surface area (Å²) in [5, 5.41) is 22.2. The number of halogens is 2. The summed E-state index contributed by atoms with van der Waals surface area (Å²) in [6.45, 7) is 1.14. The number of carboxylic acid groups (broad SMARTS) is 1. The molecule has 1 N–H and O–H groups in total. The molecule has 1 aliphatic heterocycles. The number of aliphatic carboxylic acids is 1. The number of carboxylic acids is 1. The van der Waals surface area contributed by atoms with Crippen molar-refractivity contribution in [3.05, 3.63) is 70.7 Å². The summed E-state index contributed by atoms with van der Waals surface area (Å²) in [5.74, 6) is -1.57. The first-order valence-electron chi connectivity index (χ1n) is 12.9. The molecule has 6 heterocycles. The number of Topliss-reactive ketones (excluding diaryl/α,β-unsaturated/α-hetero) is 1. The highest BCUT2D eigenvalue weighted by molar-refractivity contribution is 6.31. The monoisotopic (exact) mass is 563 g/mol. The highest BCUT2D eigenvalue weighted by Gasteiger charge is 2.35. The second kappa shape index (κ2) is 9.37. The van der Waals surface area contributed by atoms with Crippen LogP contribution in [0.4, 0.5) is 10.1 Å². The van der Waals surface area contributed by atoms with E-state index in [0.29, 0.717) is 36.0 Å². The molecule has 0 amide bonds. The maximum atomic E-state index is 14.5. The summed E-state index contributed by atoms with van der Waals surface area (Å²) in [7, 11) is 0. The van der Waals surface area contributed by atoms with Crippen LogP contribution in [0.3, 0.4) is 0 Å². The summed E-state index contributed by atoms with van der Waals surface area (Å²) in [6, 6.07) is 3.47. The number of anilines is 1. The van der Waals surface area contributed by atoms with Crippen LogP contribution >= 0.6 is 11.6 Å². The van der Waals surface area contributed by atoms with Gasteiger partial charge in [0.25, 0.3) is 0 Å². The fourth-order valence-electron chi connectivity index (χ4n) is 5.04. The third-order valence-corrected chi connectivity index (χ3v) is 7.74. The molecule has 5 aromatic heterocycles. The van der Waals surface area contributed by atoms with Crippen LogP contribution < -0.4 is 4.90 Å². The molecule has 0 radical (unpaired) electrons. The molecule has 204 valence electrons. The number of hydrogen-bond acceptors (Lipinski definition) is 8. The molecule has 0 bridgehead atoms. The smallest absolute Gasteiger partial charge is 0.310 e. The van der Waals surface area contributed by atoms with Crippen molar-refractivity contribution in [3.63, 3.8) is 0 Å². The first-order valence-corrected chi connectivity index (χ1v) is 13.3. The Labute approximate surface area is 231 Å². The minimum Gasteiger partial charge on any atom is -0.481 e. The van der Waals surface area contributed by atoms with Crippen molar-refractivity contribution in [1.29, 1.82) is 0 Å². The van der Waals surface area contributed by atoms with Crippen LogP contribution in [0.2, 0.25) is 5.02 Å². The number of carbonyl (C=O) groups excluding carboxylic acids is 1. The SMILES string of the molecule is O=C(CCc1ncn2ccc(Cl)c(F)c12)c1cn(Cc2cn3nc(C4CC4)cc(N4CC(C(=O)O)C4)c3n2)nn1. The molecule has 7 rings (SSSR count). The first kappa shape index (κ1) is 24.6. The molecule has 1 aliphatic carbocycles. The third-order valence-electron chi connectivity index (χ3n) is 7.45. The van der Waals surface area contributed by atoms with Gasteiger partial charge in [0.2, 0.25) is 0 Å². The van der Waals surface area contributed by atoms with Crippen molar-refractivity contribution >= 4 is 40.2 Å². The van der Waals surface area contributed by atoms with E-state index in [9.17, 15) is 19.1 Å². The van der Waals surface area contributed by atoms with E-state index in [2.05, 4.69) is 15.3 Å². The van der Waals surface area contributed by atoms with Gasteiger partial charge in [0.05, 0.1) is 59.0 Å². The Morgan fingerprint density at radius 2 is 2.02 bits per heavy atom. The largest absolute Gasteiger partial charge is 0.481 e. The molecule has 0 atom stereocenters. The molecule has 0 aromatic carbocycles. The summed E-state index contributed by atoms with van der Waals surface area (Å²) < 4.78 is 19.3. The maximum absolute atomic E-state index is 14.5. The Balaban J connectivity index is 1.07. The zero-order chi connectivity index (χ0) is 27.5. The zero-order valence-electron chi connectivity index (χ0n) is 21.1. The molecule has 40 heavy (non-hydrogen) atoms.